The molecule has 4 N–H and O–H groups in total. The van der Waals surface area contributed by atoms with Crippen LogP contribution < -0.4 is 26.2 Å². The molecule has 13 heteroatoms. The molecule has 0 spiro atoms. The monoisotopic (exact) mass is 569 g/mol. The Morgan fingerprint density at radius 3 is 2.73 bits per heavy atom. The minimum atomic E-state index is -4.25. The number of carbonyl (C=O) groups is 1. The predicted molar refractivity (Wildman–Crippen MR) is 146 cm³/mol. The molecule has 1 aliphatic heterocycles. The molecule has 2 aromatic rings. The van der Waals surface area contributed by atoms with E-state index in [1.54, 1.807) is 18.2 Å². The highest BCUT2D eigenvalue weighted by Crippen LogP contribution is 2.40. The van der Waals surface area contributed by atoms with Crippen molar-refractivity contribution in [2.75, 3.05) is 10.2 Å². The summed E-state index contributed by atoms with van der Waals surface area (Å²) in [4.78, 5) is 27.8. The van der Waals surface area contributed by atoms with Gasteiger partial charge in [0, 0.05) is 42.7 Å². The molecular formula is C28H34F3N9O. The summed E-state index contributed by atoms with van der Waals surface area (Å²) in [5.41, 5.74) is 0.462. The molecule has 2 saturated carbocycles. The van der Waals surface area contributed by atoms with Crippen molar-refractivity contribution in [3.05, 3.63) is 48.7 Å². The average molecular weight is 570 g/mol. The number of pyridine rings is 1. The number of nitriles is 1. The van der Waals surface area contributed by atoms with E-state index in [4.69, 9.17) is 5.26 Å². The van der Waals surface area contributed by atoms with Crippen molar-refractivity contribution in [3.63, 3.8) is 0 Å². The van der Waals surface area contributed by atoms with Crippen molar-refractivity contribution in [3.8, 4) is 6.07 Å². The Hall–Kier alpha value is -3.92. The first kappa shape index (κ1) is 28.6. The van der Waals surface area contributed by atoms with E-state index < -0.39 is 18.0 Å². The van der Waals surface area contributed by atoms with Gasteiger partial charge in [-0.15, -0.1) is 0 Å². The lowest BCUT2D eigenvalue weighted by atomic mass is 9.79. The number of rotatable bonds is 7. The lowest BCUT2D eigenvalue weighted by Crippen LogP contribution is -2.57. The topological polar surface area (TPSA) is 131 Å². The van der Waals surface area contributed by atoms with Gasteiger partial charge in [0.2, 0.25) is 5.91 Å². The van der Waals surface area contributed by atoms with Crippen LogP contribution in [0.3, 0.4) is 0 Å². The van der Waals surface area contributed by atoms with Gasteiger partial charge in [-0.2, -0.15) is 18.4 Å². The third-order valence-electron chi connectivity index (χ3n) is 8.26. The highest BCUT2D eigenvalue weighted by Gasteiger charge is 2.44. The number of hydrogen-bond acceptors (Lipinski definition) is 9. The quantitative estimate of drug-likeness (QED) is 0.386. The zero-order chi connectivity index (χ0) is 29.0. The SMILES string of the molecule is CC1CCC(NC(=O)C2CCCC(C(F)(F)F)C2)CC1NC1NC=CN1c1cc(Nc2ccc(C#N)cn2)ncn1. The van der Waals surface area contributed by atoms with Crippen LogP contribution in [0.25, 0.3) is 0 Å². The van der Waals surface area contributed by atoms with E-state index in [2.05, 4.69) is 43.1 Å². The van der Waals surface area contributed by atoms with E-state index in [0.717, 1.165) is 12.8 Å². The molecule has 2 aliphatic carbocycles. The van der Waals surface area contributed by atoms with Crippen LogP contribution in [0.2, 0.25) is 0 Å². The summed E-state index contributed by atoms with van der Waals surface area (Å²) >= 11 is 0. The first-order valence-electron chi connectivity index (χ1n) is 14.0. The van der Waals surface area contributed by atoms with Crippen molar-refractivity contribution in [1.29, 1.82) is 5.26 Å². The number of carbonyl (C=O) groups excluding carboxylic acids is 1. The number of amides is 1. The summed E-state index contributed by atoms with van der Waals surface area (Å²) in [6.07, 6.45) is 5.36. The Kier molecular flexibility index (Phi) is 8.58. The molecule has 0 bridgehead atoms. The van der Waals surface area contributed by atoms with Crippen LogP contribution in [0.1, 0.15) is 57.4 Å². The first-order valence-corrected chi connectivity index (χ1v) is 14.0. The summed E-state index contributed by atoms with van der Waals surface area (Å²) in [7, 11) is 0. The normalized spacial score (nSPS) is 28.0. The molecule has 0 radical (unpaired) electrons. The van der Waals surface area contributed by atoms with Gasteiger partial charge in [0.15, 0.2) is 6.29 Å². The molecule has 2 aromatic heterocycles. The van der Waals surface area contributed by atoms with Gasteiger partial charge in [0.25, 0.3) is 0 Å². The summed E-state index contributed by atoms with van der Waals surface area (Å²) in [5.74, 6) is -0.172. The molecule has 10 nitrogen and oxygen atoms in total. The number of hydrogen-bond donors (Lipinski definition) is 4. The van der Waals surface area contributed by atoms with Crippen molar-refractivity contribution in [2.24, 2.45) is 17.8 Å². The van der Waals surface area contributed by atoms with Gasteiger partial charge in [0.05, 0.1) is 11.5 Å². The molecule has 218 valence electrons. The number of alkyl halides is 3. The second kappa shape index (κ2) is 12.3. The van der Waals surface area contributed by atoms with Crippen LogP contribution >= 0.6 is 0 Å². The number of nitrogens with one attached hydrogen (secondary N) is 4. The Morgan fingerprint density at radius 2 is 1.98 bits per heavy atom. The molecule has 2 fully saturated rings. The van der Waals surface area contributed by atoms with Gasteiger partial charge in [-0.1, -0.05) is 13.3 Å². The molecular weight excluding hydrogens is 535 g/mol. The third-order valence-corrected chi connectivity index (χ3v) is 8.26. The Labute approximate surface area is 236 Å². The molecule has 41 heavy (non-hydrogen) atoms. The van der Waals surface area contributed by atoms with E-state index in [1.807, 2.05) is 23.4 Å². The summed E-state index contributed by atoms with van der Waals surface area (Å²) < 4.78 is 39.7. The highest BCUT2D eigenvalue weighted by molar-refractivity contribution is 5.79. The van der Waals surface area contributed by atoms with E-state index >= 15 is 0 Å². The molecule has 1 amide bonds. The number of aromatic nitrogens is 3. The number of anilines is 3. The molecule has 6 atom stereocenters. The van der Waals surface area contributed by atoms with Crippen LogP contribution in [0.15, 0.2) is 43.1 Å². The maximum absolute atomic E-state index is 13.2. The van der Waals surface area contributed by atoms with Crippen LogP contribution in [0, 0.1) is 29.1 Å². The minimum Gasteiger partial charge on any atom is -0.357 e. The highest BCUT2D eigenvalue weighted by atomic mass is 19.4. The summed E-state index contributed by atoms with van der Waals surface area (Å²) in [6, 6.07) is 7.16. The van der Waals surface area contributed by atoms with Crippen LogP contribution in [0.4, 0.5) is 30.6 Å². The zero-order valence-corrected chi connectivity index (χ0v) is 22.7. The first-order chi connectivity index (χ1) is 19.7. The largest absolute Gasteiger partial charge is 0.391 e. The molecule has 3 heterocycles. The minimum absolute atomic E-state index is 0.0607. The van der Waals surface area contributed by atoms with Crippen molar-refractivity contribution in [1.82, 2.24) is 30.9 Å². The van der Waals surface area contributed by atoms with Crippen LogP contribution in [-0.4, -0.2) is 45.4 Å². The molecule has 0 aromatic carbocycles. The zero-order valence-electron chi connectivity index (χ0n) is 22.7. The van der Waals surface area contributed by atoms with Crippen LogP contribution in [-0.2, 0) is 4.79 Å². The van der Waals surface area contributed by atoms with Crippen molar-refractivity contribution >= 4 is 23.4 Å². The van der Waals surface area contributed by atoms with Gasteiger partial charge >= 0.3 is 6.18 Å². The molecule has 5 rings (SSSR count). The van der Waals surface area contributed by atoms with Gasteiger partial charge < -0.3 is 16.0 Å². The van der Waals surface area contributed by atoms with Gasteiger partial charge in [-0.3, -0.25) is 15.0 Å². The Morgan fingerprint density at radius 1 is 1.12 bits per heavy atom. The second-order valence-electron chi connectivity index (χ2n) is 11.1. The van der Waals surface area contributed by atoms with Gasteiger partial charge in [-0.05, 0) is 56.6 Å². The van der Waals surface area contributed by atoms with E-state index in [1.165, 1.54) is 12.5 Å². The summed E-state index contributed by atoms with van der Waals surface area (Å²) in [5, 5.41) is 22.1. The fourth-order valence-electron chi connectivity index (χ4n) is 5.87. The smallest absolute Gasteiger partial charge is 0.357 e. The number of nitrogens with zero attached hydrogens (tertiary/aromatic N) is 5. The summed E-state index contributed by atoms with van der Waals surface area (Å²) in [6.45, 7) is 2.16. The van der Waals surface area contributed by atoms with E-state index in [0.29, 0.717) is 48.2 Å². The standard InChI is InChI=1S/C28H34F3N9O/c1-17-5-7-21(37-26(41)19-3-2-4-20(11-19)28(29,30)31)12-22(17)38-27-33-9-10-40(27)25-13-24(35-16-36-25)39-23-8-6-18(14-32)15-34-23/h6,8-10,13,15-17,19-22,27,33,38H,2-5,7,11-12H2,1H3,(H,37,41)(H,34,35,36,39). The van der Waals surface area contributed by atoms with Gasteiger partial charge in [0.1, 0.15) is 29.9 Å². The van der Waals surface area contributed by atoms with E-state index in [9.17, 15) is 18.0 Å². The predicted octanol–water partition coefficient (Wildman–Crippen LogP) is 4.28. The lowest BCUT2D eigenvalue weighted by Gasteiger charge is -2.39. The Bertz CT molecular complexity index is 1280. The van der Waals surface area contributed by atoms with Crippen molar-refractivity contribution < 1.29 is 18.0 Å². The Balaban J connectivity index is 1.19. The maximum Gasteiger partial charge on any atom is 0.391 e. The molecule has 6 unspecified atom stereocenters. The molecule has 3 aliphatic rings. The number of halogens is 3. The third kappa shape index (κ3) is 7.05. The lowest BCUT2D eigenvalue weighted by molar-refractivity contribution is -0.186. The molecule has 0 saturated heterocycles. The fourth-order valence-corrected chi connectivity index (χ4v) is 5.87. The van der Waals surface area contributed by atoms with Crippen LogP contribution in [0.5, 0.6) is 0 Å². The van der Waals surface area contributed by atoms with Crippen molar-refractivity contribution in [2.45, 2.75) is 76.4 Å². The van der Waals surface area contributed by atoms with E-state index in [-0.39, 0.29) is 37.1 Å². The maximum atomic E-state index is 13.2. The fraction of sp³-hybridized carbons (Fsp3) is 0.536. The average Bonchev–Trinajstić information content (AvgIpc) is 3.43. The van der Waals surface area contributed by atoms with Gasteiger partial charge in [-0.25, -0.2) is 15.0 Å². The second-order valence-corrected chi connectivity index (χ2v) is 11.1.